The van der Waals surface area contributed by atoms with Crippen molar-refractivity contribution < 1.29 is 0 Å². The summed E-state index contributed by atoms with van der Waals surface area (Å²) in [5, 5.41) is 10.8. The third-order valence-electron chi connectivity index (χ3n) is 9.23. The highest BCUT2D eigenvalue weighted by Crippen LogP contribution is 2.55. The molecule has 0 spiro atoms. The molecule has 1 fully saturated rings. The minimum atomic E-state index is 0.768. The molecule has 2 unspecified atom stereocenters. The molecule has 3 aromatic heterocycles. The van der Waals surface area contributed by atoms with Gasteiger partial charge in [0.05, 0.1) is 32.1 Å². The van der Waals surface area contributed by atoms with Gasteiger partial charge in [0.25, 0.3) is 0 Å². The van der Waals surface area contributed by atoms with Crippen LogP contribution in [0.15, 0.2) is 133 Å². The summed E-state index contributed by atoms with van der Waals surface area (Å²) in [7, 11) is 0. The van der Waals surface area contributed by atoms with Crippen molar-refractivity contribution in [3.8, 4) is 27.3 Å². The normalized spacial score (nSPS) is 17.0. The molecule has 4 heterocycles. The van der Waals surface area contributed by atoms with Gasteiger partial charge < -0.3 is 9.13 Å². The van der Waals surface area contributed by atoms with Crippen molar-refractivity contribution in [1.82, 2.24) is 9.13 Å². The van der Waals surface area contributed by atoms with Gasteiger partial charge in [0.1, 0.15) is 0 Å². The van der Waals surface area contributed by atoms with Gasteiger partial charge in [-0.2, -0.15) is 0 Å². The van der Waals surface area contributed by atoms with Gasteiger partial charge in [-0.1, -0.05) is 87.0 Å². The first-order valence-corrected chi connectivity index (χ1v) is 18.1. The Bertz CT molecular complexity index is 2440. The number of thiophene rings is 1. The zero-order valence-corrected chi connectivity index (χ0v) is 27.6. The van der Waals surface area contributed by atoms with Crippen LogP contribution in [0.2, 0.25) is 0 Å². The highest BCUT2D eigenvalue weighted by Gasteiger charge is 2.42. The molecular formula is C42H34N2S2. The fraction of sp³-hybridized carbons (Fsp3) is 0.143. The molecule has 5 aromatic carbocycles. The molecular weight excluding hydrogens is 597 g/mol. The summed E-state index contributed by atoms with van der Waals surface area (Å²) < 4.78 is 4.88. The molecule has 1 aliphatic heterocycles. The molecule has 1 saturated carbocycles. The molecule has 0 N–H and O–H groups in total. The zero-order chi connectivity index (χ0) is 30.8. The summed E-state index contributed by atoms with van der Waals surface area (Å²) in [4.78, 5) is 0. The van der Waals surface area contributed by atoms with E-state index in [1.54, 1.807) is 11.3 Å². The van der Waals surface area contributed by atoms with E-state index >= 15 is 0 Å². The molecule has 2 nitrogen and oxygen atoms in total. The monoisotopic (exact) mass is 630 g/mol. The van der Waals surface area contributed by atoms with Crippen molar-refractivity contribution in [1.29, 1.82) is 0 Å². The predicted molar refractivity (Wildman–Crippen MR) is 202 cm³/mol. The maximum absolute atomic E-state index is 2.49. The molecule has 4 heteroatoms. The average molecular weight is 631 g/mol. The number of allylic oxidation sites excluding steroid dienone is 1. The topological polar surface area (TPSA) is 9.86 Å². The standard InChI is InChI=1S/C39H26N2S2.C3H8/c1-3-11-33-29(9-1)31-20-26(14-16-35(31)40(33)38-13-6-18-42-38)24-7-5-8-25(19-24)27-15-17-36-32(21-27)30-10-2-4-12-34(30)41(36)39-23-28-22-37(28)43-39;1-3-2/h1-21,23,28,37H,22H2;3H2,1-2H3. The molecule has 0 amide bonds. The maximum Gasteiger partial charge on any atom is 0.0999 e. The third-order valence-corrected chi connectivity index (χ3v) is 11.5. The van der Waals surface area contributed by atoms with Crippen molar-refractivity contribution in [2.45, 2.75) is 31.9 Å². The largest absolute Gasteiger partial charge is 0.304 e. The van der Waals surface area contributed by atoms with Crippen LogP contribution in [0.1, 0.15) is 26.7 Å². The van der Waals surface area contributed by atoms with Crippen molar-refractivity contribution in [3.63, 3.8) is 0 Å². The van der Waals surface area contributed by atoms with Gasteiger partial charge in [-0.15, -0.1) is 23.1 Å². The van der Waals surface area contributed by atoms with E-state index in [9.17, 15) is 0 Å². The highest BCUT2D eigenvalue weighted by molar-refractivity contribution is 8.09. The fourth-order valence-electron chi connectivity index (χ4n) is 7.06. The quantitative estimate of drug-likeness (QED) is 0.188. The first-order chi connectivity index (χ1) is 22.7. The lowest BCUT2D eigenvalue weighted by molar-refractivity contribution is 1.09. The molecule has 10 rings (SSSR count). The number of hydrogen-bond acceptors (Lipinski definition) is 2. The van der Waals surface area contributed by atoms with E-state index in [4.69, 9.17) is 0 Å². The molecule has 8 aromatic rings. The second kappa shape index (κ2) is 11.1. The van der Waals surface area contributed by atoms with Gasteiger partial charge in [0, 0.05) is 26.8 Å². The number of aromatic nitrogens is 2. The van der Waals surface area contributed by atoms with Crippen LogP contribution in [0.3, 0.4) is 0 Å². The molecule has 0 saturated heterocycles. The average Bonchev–Trinajstić information content (AvgIpc) is 3.53. The van der Waals surface area contributed by atoms with E-state index in [2.05, 4.69) is 168 Å². The molecule has 2 aliphatic rings. The summed E-state index contributed by atoms with van der Waals surface area (Å²) in [6, 6.07) is 45.0. The number of rotatable bonds is 4. The van der Waals surface area contributed by atoms with Crippen LogP contribution >= 0.6 is 23.1 Å². The van der Waals surface area contributed by atoms with Crippen LogP contribution < -0.4 is 0 Å². The number of benzene rings is 5. The first-order valence-electron chi connectivity index (χ1n) is 16.3. The fourth-order valence-corrected chi connectivity index (χ4v) is 9.25. The van der Waals surface area contributed by atoms with Gasteiger partial charge >= 0.3 is 0 Å². The Morgan fingerprint density at radius 2 is 1.13 bits per heavy atom. The summed E-state index contributed by atoms with van der Waals surface area (Å²) in [5.41, 5.74) is 10.1. The Hall–Kier alpha value is -4.51. The Labute approximate surface area is 277 Å². The van der Waals surface area contributed by atoms with Crippen molar-refractivity contribution in [2.75, 3.05) is 0 Å². The van der Waals surface area contributed by atoms with Gasteiger partial charge in [0.15, 0.2) is 0 Å². The number of thioether (sulfide) groups is 1. The number of fused-ring (bicyclic) bond motifs is 7. The number of hydrogen-bond donors (Lipinski definition) is 0. The lowest BCUT2D eigenvalue weighted by Crippen LogP contribution is -1.93. The lowest BCUT2D eigenvalue weighted by Gasteiger charge is -2.10. The summed E-state index contributed by atoms with van der Waals surface area (Å²) >= 11 is 3.83. The Kier molecular flexibility index (Phi) is 6.69. The minimum absolute atomic E-state index is 0.768. The van der Waals surface area contributed by atoms with Crippen molar-refractivity contribution in [2.24, 2.45) is 5.92 Å². The molecule has 224 valence electrons. The Balaban J connectivity index is 0.000000939. The van der Waals surface area contributed by atoms with Gasteiger partial charge in [-0.25, -0.2) is 0 Å². The molecule has 0 radical (unpaired) electrons. The van der Waals surface area contributed by atoms with Crippen LogP contribution in [0.5, 0.6) is 0 Å². The Morgan fingerprint density at radius 1 is 0.565 bits per heavy atom. The third kappa shape index (κ3) is 4.46. The predicted octanol–water partition coefficient (Wildman–Crippen LogP) is 12.6. The SMILES string of the molecule is C1=C(n2c3ccccc3c3cc(-c4cccc(-c5ccc6c(c5)c5ccccc5n6-c5cccs5)c4)ccc32)SC2CC12.CCC. The van der Waals surface area contributed by atoms with E-state index in [1.165, 1.54) is 88.7 Å². The minimum Gasteiger partial charge on any atom is -0.304 e. The first kappa shape index (κ1) is 27.8. The van der Waals surface area contributed by atoms with Crippen LogP contribution in [-0.4, -0.2) is 14.4 Å². The Morgan fingerprint density at radius 3 is 1.72 bits per heavy atom. The van der Waals surface area contributed by atoms with Gasteiger partial charge in [0.2, 0.25) is 0 Å². The van der Waals surface area contributed by atoms with E-state index in [1.807, 2.05) is 0 Å². The molecule has 1 aliphatic carbocycles. The molecule has 46 heavy (non-hydrogen) atoms. The van der Waals surface area contributed by atoms with E-state index < -0.39 is 0 Å². The van der Waals surface area contributed by atoms with Crippen LogP contribution in [-0.2, 0) is 0 Å². The molecule has 0 bridgehead atoms. The van der Waals surface area contributed by atoms with E-state index in [0.717, 1.165) is 11.2 Å². The summed E-state index contributed by atoms with van der Waals surface area (Å²) in [5.74, 6) is 0.768. The lowest BCUT2D eigenvalue weighted by atomic mass is 9.97. The zero-order valence-electron chi connectivity index (χ0n) is 26.0. The van der Waals surface area contributed by atoms with Crippen LogP contribution in [0, 0.1) is 5.92 Å². The van der Waals surface area contributed by atoms with Crippen LogP contribution in [0.4, 0.5) is 0 Å². The second-order valence-electron chi connectivity index (χ2n) is 12.5. The van der Waals surface area contributed by atoms with Gasteiger partial charge in [-0.3, -0.25) is 0 Å². The van der Waals surface area contributed by atoms with Crippen molar-refractivity contribution >= 4 is 71.7 Å². The highest BCUT2D eigenvalue weighted by atomic mass is 32.2. The molecule has 2 atom stereocenters. The number of para-hydroxylation sites is 2. The second-order valence-corrected chi connectivity index (χ2v) is 14.7. The summed E-state index contributed by atoms with van der Waals surface area (Å²) in [6.07, 6.45) is 5.09. The van der Waals surface area contributed by atoms with Crippen molar-refractivity contribution in [3.05, 3.63) is 133 Å². The van der Waals surface area contributed by atoms with Gasteiger partial charge in [-0.05, 0) is 101 Å². The van der Waals surface area contributed by atoms with E-state index in [-0.39, 0.29) is 0 Å². The summed E-state index contributed by atoms with van der Waals surface area (Å²) in [6.45, 7) is 4.25. The number of nitrogens with zero attached hydrogens (tertiary/aromatic N) is 2. The smallest absolute Gasteiger partial charge is 0.0999 e. The van der Waals surface area contributed by atoms with Crippen LogP contribution in [0.25, 0.3) is 75.9 Å². The maximum atomic E-state index is 2.49. The van der Waals surface area contributed by atoms with E-state index in [0.29, 0.717) is 0 Å².